The van der Waals surface area contributed by atoms with E-state index in [0.717, 1.165) is 12.8 Å². The van der Waals surface area contributed by atoms with E-state index < -0.39 is 0 Å². The topological polar surface area (TPSA) is 0 Å². The Labute approximate surface area is 93.5 Å². The molecule has 0 saturated heterocycles. The van der Waals surface area contributed by atoms with E-state index in [2.05, 4.69) is 47.4 Å². The van der Waals surface area contributed by atoms with Crippen LogP contribution in [0.25, 0.3) is 0 Å². The summed E-state index contributed by atoms with van der Waals surface area (Å²) in [5.41, 5.74) is 2.77. The summed E-state index contributed by atoms with van der Waals surface area (Å²) in [5, 5.41) is 0. The monoisotopic (exact) mass is 280 g/mol. The van der Waals surface area contributed by atoms with Gasteiger partial charge in [0.25, 0.3) is 0 Å². The fourth-order valence-electron chi connectivity index (χ4n) is 0.691. The van der Waals surface area contributed by atoms with E-state index in [9.17, 15) is 0 Å². The average molecular weight is 283 g/mol. The van der Waals surface area contributed by atoms with E-state index >= 15 is 0 Å². The number of hydrogen-bond acceptors (Lipinski definition) is 0. The second-order valence-electron chi connectivity index (χ2n) is 2.87. The molecule has 0 aromatic heterocycles. The van der Waals surface area contributed by atoms with Crippen molar-refractivity contribution in [3.63, 3.8) is 0 Å². The minimum absolute atomic E-state index is 1.15. The molecular formula is C10H17BrZn. The Morgan fingerprint density at radius 2 is 1.83 bits per heavy atom. The Hall–Kier alpha value is 0.453. The van der Waals surface area contributed by atoms with Gasteiger partial charge in [-0.05, 0) is 20.3 Å². The van der Waals surface area contributed by atoms with Gasteiger partial charge in [0.1, 0.15) is 0 Å². The summed E-state index contributed by atoms with van der Waals surface area (Å²) in [5.74, 6) is 0. The first-order valence-corrected chi connectivity index (χ1v) is 11.0. The minimum atomic E-state index is 1.15. The Kier molecular flexibility index (Phi) is 14.3. The van der Waals surface area contributed by atoms with Gasteiger partial charge in [0.2, 0.25) is 0 Å². The summed E-state index contributed by atoms with van der Waals surface area (Å²) >= 11 is 4.25. The zero-order valence-electron chi connectivity index (χ0n) is 8.36. The molecule has 0 radical (unpaired) electrons. The van der Waals surface area contributed by atoms with Gasteiger partial charge in [-0.15, -0.1) is 6.92 Å². The maximum absolute atomic E-state index is 3.70. The standard InChI is InChI=1S/C10H17.BrH.Zn/c1-5-10(4)8-6-7-9(2)3;;/h5,7H,1,6,8H2,2-4H3;1H;/q-1;;+2/p-1/b10-5+;;. The Morgan fingerprint density at radius 1 is 1.33 bits per heavy atom. The molecular weight excluding hydrogens is 265 g/mol. The molecule has 0 rings (SSSR count). The van der Waals surface area contributed by atoms with Crippen LogP contribution < -0.4 is 0 Å². The number of hydrogen-bond donors (Lipinski definition) is 0. The Bertz CT molecular complexity index is 144. The van der Waals surface area contributed by atoms with Crippen molar-refractivity contribution in [3.05, 3.63) is 30.2 Å². The molecule has 0 aromatic rings. The molecule has 0 amide bonds. The van der Waals surface area contributed by atoms with E-state index in [1.54, 1.807) is 0 Å². The normalized spacial score (nSPS) is 10.0. The predicted molar refractivity (Wildman–Crippen MR) is 56.7 cm³/mol. The van der Waals surface area contributed by atoms with Gasteiger partial charge >= 0.3 is 30.0 Å². The van der Waals surface area contributed by atoms with Crippen molar-refractivity contribution in [1.82, 2.24) is 0 Å². The third-order valence-corrected chi connectivity index (χ3v) is 1.44. The molecule has 0 nitrogen and oxygen atoms in total. The summed E-state index contributed by atoms with van der Waals surface area (Å²) in [6.07, 6.45) is 6.49. The summed E-state index contributed by atoms with van der Waals surface area (Å²) in [4.78, 5) is 0. The van der Waals surface area contributed by atoms with Gasteiger partial charge in [0.15, 0.2) is 0 Å². The van der Waals surface area contributed by atoms with Crippen LogP contribution in [0.15, 0.2) is 23.3 Å². The Balaban J connectivity index is 0. The molecule has 0 aliphatic rings. The van der Waals surface area contributed by atoms with Gasteiger partial charge < -0.3 is 0 Å². The van der Waals surface area contributed by atoms with Gasteiger partial charge in [-0.3, -0.25) is 0 Å². The molecule has 2 heteroatoms. The Morgan fingerprint density at radius 3 is 2.17 bits per heavy atom. The average Bonchev–Trinajstić information content (AvgIpc) is 2.07. The second kappa shape index (κ2) is 11.5. The molecule has 0 N–H and O–H groups in total. The summed E-state index contributed by atoms with van der Waals surface area (Å²) < 4.78 is 0. The van der Waals surface area contributed by atoms with Crippen molar-refractivity contribution in [2.45, 2.75) is 33.6 Å². The predicted octanol–water partition coefficient (Wildman–Crippen LogP) is 4.36. The first kappa shape index (κ1) is 14.9. The molecule has 12 heavy (non-hydrogen) atoms. The van der Waals surface area contributed by atoms with Crippen LogP contribution in [-0.2, 0) is 16.3 Å². The number of halogens is 1. The first-order valence-electron chi connectivity index (χ1n) is 4.01. The van der Waals surface area contributed by atoms with Crippen molar-refractivity contribution in [3.8, 4) is 0 Å². The third-order valence-electron chi connectivity index (χ3n) is 1.44. The molecule has 0 aromatic carbocycles. The van der Waals surface area contributed by atoms with E-state index in [0.29, 0.717) is 0 Å². The summed E-state index contributed by atoms with van der Waals surface area (Å²) in [6, 6.07) is 0. The van der Waals surface area contributed by atoms with Crippen molar-refractivity contribution in [2.24, 2.45) is 0 Å². The number of allylic oxidation sites excluding steroid dienone is 4. The van der Waals surface area contributed by atoms with Crippen LogP contribution in [0.3, 0.4) is 0 Å². The SMILES string of the molecule is [CH2-]/C=C(\C)CCC=C(C)C.[Zn+][Br]. The molecule has 66 valence electrons. The molecule has 0 heterocycles. The van der Waals surface area contributed by atoms with Crippen LogP contribution >= 0.6 is 13.6 Å². The zero-order valence-corrected chi connectivity index (χ0v) is 12.9. The first-order chi connectivity index (χ1) is 5.66. The van der Waals surface area contributed by atoms with Gasteiger partial charge in [-0.1, -0.05) is 18.1 Å². The van der Waals surface area contributed by atoms with Crippen LogP contribution in [0.5, 0.6) is 0 Å². The fourth-order valence-corrected chi connectivity index (χ4v) is 0.691. The molecule has 0 aliphatic heterocycles. The maximum atomic E-state index is 3.70. The number of rotatable bonds is 3. The van der Waals surface area contributed by atoms with Gasteiger partial charge in [-0.2, -0.15) is 0 Å². The molecule has 0 spiro atoms. The van der Waals surface area contributed by atoms with Crippen LogP contribution in [0.1, 0.15) is 33.6 Å². The molecule has 0 unspecified atom stereocenters. The van der Waals surface area contributed by atoms with Crippen molar-refractivity contribution in [2.75, 3.05) is 0 Å². The second-order valence-corrected chi connectivity index (χ2v) is 2.87. The summed E-state index contributed by atoms with van der Waals surface area (Å²) in [6.45, 7) is 10.1. The van der Waals surface area contributed by atoms with E-state index in [4.69, 9.17) is 0 Å². The van der Waals surface area contributed by atoms with Crippen LogP contribution in [0, 0.1) is 6.92 Å². The molecule has 0 aliphatic carbocycles. The fraction of sp³-hybridized carbons (Fsp3) is 0.500. The van der Waals surface area contributed by atoms with E-state index in [1.165, 1.54) is 27.5 Å². The van der Waals surface area contributed by atoms with Gasteiger partial charge in [-0.25, -0.2) is 18.6 Å². The van der Waals surface area contributed by atoms with Crippen molar-refractivity contribution >= 4 is 13.6 Å². The quantitative estimate of drug-likeness (QED) is 0.410. The van der Waals surface area contributed by atoms with Gasteiger partial charge in [0, 0.05) is 0 Å². The molecule has 0 atom stereocenters. The van der Waals surface area contributed by atoms with Crippen molar-refractivity contribution in [1.29, 1.82) is 0 Å². The third kappa shape index (κ3) is 13.1. The van der Waals surface area contributed by atoms with E-state index in [1.807, 2.05) is 6.08 Å². The molecule has 0 fully saturated rings. The van der Waals surface area contributed by atoms with E-state index in [-0.39, 0.29) is 0 Å². The molecule has 0 bridgehead atoms. The van der Waals surface area contributed by atoms with Crippen LogP contribution in [-0.4, -0.2) is 0 Å². The van der Waals surface area contributed by atoms with Crippen LogP contribution in [0.4, 0.5) is 0 Å². The van der Waals surface area contributed by atoms with Gasteiger partial charge in [0.05, 0.1) is 0 Å². The van der Waals surface area contributed by atoms with Crippen molar-refractivity contribution < 1.29 is 16.3 Å². The summed E-state index contributed by atoms with van der Waals surface area (Å²) in [7, 11) is 0. The van der Waals surface area contributed by atoms with Crippen LogP contribution in [0.2, 0.25) is 0 Å². The molecule has 0 saturated carbocycles. The zero-order chi connectivity index (χ0) is 9.98.